The summed E-state index contributed by atoms with van der Waals surface area (Å²) < 4.78 is 5.45. The Morgan fingerprint density at radius 2 is 1.30 bits per heavy atom. The molecule has 2 amide bonds. The number of hydrogen-bond acceptors (Lipinski definition) is 5. The Bertz CT molecular complexity index is 1340. The number of piperazine rings is 1. The molecule has 7 nitrogen and oxygen atoms in total. The number of nitrogens with zero attached hydrogens (tertiary/aromatic N) is 2. The zero-order chi connectivity index (χ0) is 30.6. The van der Waals surface area contributed by atoms with E-state index >= 15 is 0 Å². The molecule has 1 unspecified atom stereocenters. The minimum atomic E-state index is -0.916. The first kappa shape index (κ1) is 31.5. The number of amides is 2. The Hall–Kier alpha value is -3.97. The second-order valence-corrected chi connectivity index (χ2v) is 12.1. The fourth-order valence-corrected chi connectivity index (χ4v) is 6.49. The van der Waals surface area contributed by atoms with Crippen molar-refractivity contribution in [3.8, 4) is 0 Å². The number of benzene rings is 3. The summed E-state index contributed by atoms with van der Waals surface area (Å²) in [5, 5.41) is 2.93. The molecule has 0 aromatic heterocycles. The Labute approximate surface area is 261 Å². The molecule has 2 heterocycles. The molecular formula is C37H45N3O4. The average molecular weight is 596 g/mol. The number of ether oxygens (including phenoxy) is 1. The van der Waals surface area contributed by atoms with E-state index in [0.717, 1.165) is 43.6 Å². The topological polar surface area (TPSA) is 79.0 Å². The first-order valence-corrected chi connectivity index (χ1v) is 16.2. The molecule has 3 aromatic carbocycles. The molecule has 2 aliphatic heterocycles. The number of rotatable bonds is 14. The Morgan fingerprint density at radius 1 is 0.727 bits per heavy atom. The lowest BCUT2D eigenvalue weighted by Gasteiger charge is -2.51. The summed E-state index contributed by atoms with van der Waals surface area (Å²) in [7, 11) is 0. The Balaban J connectivity index is 1.15. The number of likely N-dealkylation sites (tertiary alicyclic amines) is 1. The predicted molar refractivity (Wildman–Crippen MR) is 172 cm³/mol. The highest BCUT2D eigenvalue weighted by Gasteiger charge is 2.53. The molecule has 0 saturated carbocycles. The number of esters is 1. The number of hydrogen-bond donors (Lipinski definition) is 1. The van der Waals surface area contributed by atoms with Crippen LogP contribution in [0.15, 0.2) is 91.0 Å². The zero-order valence-corrected chi connectivity index (χ0v) is 25.7. The summed E-state index contributed by atoms with van der Waals surface area (Å²) >= 11 is 0. The van der Waals surface area contributed by atoms with Gasteiger partial charge in [-0.1, -0.05) is 104 Å². The van der Waals surface area contributed by atoms with Gasteiger partial charge in [-0.3, -0.25) is 14.4 Å². The third-order valence-corrected chi connectivity index (χ3v) is 9.10. The van der Waals surface area contributed by atoms with Gasteiger partial charge < -0.3 is 19.9 Å². The second kappa shape index (κ2) is 15.7. The van der Waals surface area contributed by atoms with E-state index in [9.17, 15) is 14.4 Å². The minimum absolute atomic E-state index is 0.138. The molecule has 3 aromatic rings. The molecule has 5 rings (SSSR count). The van der Waals surface area contributed by atoms with Crippen LogP contribution in [0.25, 0.3) is 0 Å². The summed E-state index contributed by atoms with van der Waals surface area (Å²) in [6, 6.07) is 29.2. The predicted octanol–water partition coefficient (Wildman–Crippen LogP) is 5.33. The highest BCUT2D eigenvalue weighted by molar-refractivity contribution is 6.01. The number of carbonyl (C=O) groups excluding carboxylic acids is 3. The highest BCUT2D eigenvalue weighted by atomic mass is 16.5. The van der Waals surface area contributed by atoms with Crippen molar-refractivity contribution in [3.05, 3.63) is 108 Å². The summed E-state index contributed by atoms with van der Waals surface area (Å²) in [6.45, 7) is 3.13. The summed E-state index contributed by atoms with van der Waals surface area (Å²) in [6.07, 6.45) is 7.54. The van der Waals surface area contributed by atoms with Crippen LogP contribution in [-0.2, 0) is 38.6 Å². The van der Waals surface area contributed by atoms with Crippen molar-refractivity contribution in [2.24, 2.45) is 0 Å². The van der Waals surface area contributed by atoms with Crippen LogP contribution in [0.5, 0.6) is 0 Å². The third-order valence-electron chi connectivity index (χ3n) is 9.10. The maximum absolute atomic E-state index is 13.9. The number of carbonyl (C=O) groups is 3. The molecule has 0 radical (unpaired) electrons. The number of nitrogens with one attached hydrogen (secondary N) is 1. The molecule has 1 atom stereocenters. The molecule has 44 heavy (non-hydrogen) atoms. The van der Waals surface area contributed by atoms with E-state index < -0.39 is 17.6 Å². The smallest absolute Gasteiger partial charge is 0.308 e. The Kier molecular flexibility index (Phi) is 11.2. The molecule has 0 bridgehead atoms. The van der Waals surface area contributed by atoms with E-state index in [2.05, 4.69) is 40.5 Å². The van der Waals surface area contributed by atoms with Crippen molar-refractivity contribution < 1.29 is 19.1 Å². The maximum Gasteiger partial charge on any atom is 0.308 e. The fraction of sp³-hybridized carbons (Fsp3) is 0.432. The quantitative estimate of drug-likeness (QED) is 0.201. The molecule has 1 N–H and O–H groups in total. The first-order chi connectivity index (χ1) is 21.5. The average Bonchev–Trinajstić information content (AvgIpc) is 3.06. The van der Waals surface area contributed by atoms with Gasteiger partial charge in [0.05, 0.1) is 6.42 Å². The molecule has 2 saturated heterocycles. The van der Waals surface area contributed by atoms with Crippen LogP contribution in [0, 0.1) is 0 Å². The third kappa shape index (κ3) is 8.35. The molecule has 2 aliphatic rings. The van der Waals surface area contributed by atoms with E-state index in [-0.39, 0.29) is 24.8 Å². The number of aryl methyl sites for hydroxylation is 1. The van der Waals surface area contributed by atoms with E-state index in [1.54, 1.807) is 4.90 Å². The van der Waals surface area contributed by atoms with Gasteiger partial charge in [-0.25, -0.2) is 0 Å². The molecular weight excluding hydrogens is 550 g/mol. The summed E-state index contributed by atoms with van der Waals surface area (Å²) in [4.78, 5) is 44.7. The lowest BCUT2D eigenvalue weighted by atomic mass is 9.81. The van der Waals surface area contributed by atoms with Crippen LogP contribution in [0.4, 0.5) is 0 Å². The van der Waals surface area contributed by atoms with Crippen LogP contribution >= 0.6 is 0 Å². The summed E-state index contributed by atoms with van der Waals surface area (Å²) in [5.41, 5.74) is 2.51. The van der Waals surface area contributed by atoms with Crippen molar-refractivity contribution in [1.82, 2.24) is 15.1 Å². The molecule has 2 fully saturated rings. The van der Waals surface area contributed by atoms with Crippen molar-refractivity contribution >= 4 is 17.8 Å². The number of unbranched alkanes of at least 4 members (excludes halogenated alkanes) is 3. The van der Waals surface area contributed by atoms with Crippen molar-refractivity contribution in [2.45, 2.75) is 76.0 Å². The van der Waals surface area contributed by atoms with E-state index in [0.29, 0.717) is 25.8 Å². The lowest BCUT2D eigenvalue weighted by Crippen LogP contribution is -2.73. The van der Waals surface area contributed by atoms with Gasteiger partial charge in [0, 0.05) is 19.6 Å². The number of piperidine rings is 1. The maximum atomic E-state index is 13.9. The van der Waals surface area contributed by atoms with Crippen LogP contribution in [0.1, 0.15) is 61.6 Å². The fourth-order valence-electron chi connectivity index (χ4n) is 6.49. The summed E-state index contributed by atoms with van der Waals surface area (Å²) in [5.74, 6) is -0.833. The Morgan fingerprint density at radius 3 is 1.93 bits per heavy atom. The van der Waals surface area contributed by atoms with E-state index in [4.69, 9.17) is 4.74 Å². The molecule has 0 aliphatic carbocycles. The first-order valence-electron chi connectivity index (χ1n) is 16.2. The largest absolute Gasteiger partial charge is 0.461 e. The van der Waals surface area contributed by atoms with Gasteiger partial charge in [0.2, 0.25) is 11.8 Å². The molecule has 1 spiro atoms. The lowest BCUT2D eigenvalue weighted by molar-refractivity contribution is -0.163. The van der Waals surface area contributed by atoms with Gasteiger partial charge in [0.25, 0.3) is 0 Å². The van der Waals surface area contributed by atoms with Crippen LogP contribution in [-0.4, -0.2) is 65.3 Å². The van der Waals surface area contributed by atoms with Crippen LogP contribution < -0.4 is 5.32 Å². The molecule has 7 heteroatoms. The monoisotopic (exact) mass is 595 g/mol. The van der Waals surface area contributed by atoms with Gasteiger partial charge >= 0.3 is 5.97 Å². The van der Waals surface area contributed by atoms with Crippen LogP contribution in [0.2, 0.25) is 0 Å². The van der Waals surface area contributed by atoms with Gasteiger partial charge in [-0.2, -0.15) is 0 Å². The van der Waals surface area contributed by atoms with E-state index in [1.807, 2.05) is 60.7 Å². The van der Waals surface area contributed by atoms with Gasteiger partial charge in [0.15, 0.2) is 0 Å². The van der Waals surface area contributed by atoms with Crippen LogP contribution in [0.3, 0.4) is 0 Å². The van der Waals surface area contributed by atoms with Gasteiger partial charge in [-0.05, 0) is 61.8 Å². The standard InChI is InChI=1S/C37H45N3O4/c41-34(44-29-32-19-11-5-12-20-32)28-33-35(42)40(25-21-31-17-9-4-10-18-31)37(36(43)38-33)22-26-39(27-23-37)24-13-2-1-6-14-30-15-7-3-8-16-30/h3-5,7-12,15-20,33H,1-2,6,13-14,21-29H2,(H,38,43). The second-order valence-electron chi connectivity index (χ2n) is 12.1. The normalized spacial score (nSPS) is 18.3. The van der Waals surface area contributed by atoms with Gasteiger partial charge in [-0.15, -0.1) is 0 Å². The van der Waals surface area contributed by atoms with E-state index in [1.165, 1.54) is 24.8 Å². The molecule has 232 valence electrons. The SMILES string of the molecule is O=C(CC1NC(=O)C2(CCN(CCCCCCc3ccccc3)CC2)N(CCc2ccccc2)C1=O)OCc1ccccc1. The highest BCUT2D eigenvalue weighted by Crippen LogP contribution is 2.34. The van der Waals surface area contributed by atoms with Crippen molar-refractivity contribution in [2.75, 3.05) is 26.2 Å². The zero-order valence-electron chi connectivity index (χ0n) is 25.7. The minimum Gasteiger partial charge on any atom is -0.461 e. The van der Waals surface area contributed by atoms with Gasteiger partial charge in [0.1, 0.15) is 18.2 Å². The van der Waals surface area contributed by atoms with Crippen molar-refractivity contribution in [1.29, 1.82) is 0 Å². The van der Waals surface area contributed by atoms with Crippen molar-refractivity contribution in [3.63, 3.8) is 0 Å².